The summed E-state index contributed by atoms with van der Waals surface area (Å²) in [6, 6.07) is 0. The van der Waals surface area contributed by atoms with E-state index in [0.29, 0.717) is 24.0 Å². The average Bonchev–Trinajstić information content (AvgIpc) is 2.47. The third-order valence-electron chi connectivity index (χ3n) is 3.70. The van der Waals surface area contributed by atoms with Gasteiger partial charge in [-0.1, -0.05) is 23.3 Å². The highest BCUT2D eigenvalue weighted by Crippen LogP contribution is 2.38. The minimum Gasteiger partial charge on any atom is -0.425 e. The molecule has 0 saturated carbocycles. The lowest BCUT2D eigenvalue weighted by Crippen LogP contribution is -2.32. The summed E-state index contributed by atoms with van der Waals surface area (Å²) in [6.07, 6.45) is 7.15. The Kier molecular flexibility index (Phi) is 3.44. The summed E-state index contributed by atoms with van der Waals surface area (Å²) in [5.74, 6) is -1.83. The molecule has 3 heteroatoms. The van der Waals surface area contributed by atoms with E-state index in [1.807, 2.05) is 6.92 Å². The fourth-order valence-electron chi connectivity index (χ4n) is 2.54. The van der Waals surface area contributed by atoms with E-state index in [9.17, 15) is 9.90 Å². The summed E-state index contributed by atoms with van der Waals surface area (Å²) < 4.78 is 5.18. The highest BCUT2D eigenvalue weighted by atomic mass is 16.7. The molecule has 0 radical (unpaired) electrons. The van der Waals surface area contributed by atoms with Crippen LogP contribution in [0.1, 0.15) is 46.5 Å². The van der Waals surface area contributed by atoms with E-state index in [1.165, 1.54) is 5.57 Å². The largest absolute Gasteiger partial charge is 0.425 e. The van der Waals surface area contributed by atoms with Crippen molar-refractivity contribution >= 4 is 5.97 Å². The van der Waals surface area contributed by atoms with E-state index in [-0.39, 0.29) is 0 Å². The third-order valence-corrected chi connectivity index (χ3v) is 3.70. The van der Waals surface area contributed by atoms with Crippen LogP contribution in [0, 0.1) is 0 Å². The Morgan fingerprint density at radius 3 is 2.67 bits per heavy atom. The lowest BCUT2D eigenvalue weighted by Gasteiger charge is -2.25. The molecule has 1 aliphatic carbocycles. The quantitative estimate of drug-likeness (QED) is 0.529. The predicted molar refractivity (Wildman–Crippen MR) is 69.7 cm³/mol. The molecule has 0 aromatic rings. The number of carbonyl (C=O) groups excluding carboxylic acids is 1. The molecule has 1 atom stereocenters. The summed E-state index contributed by atoms with van der Waals surface area (Å²) in [6.45, 7) is 5.78. The Balaban J connectivity index is 2.41. The first-order valence-corrected chi connectivity index (χ1v) is 6.39. The molecule has 2 aliphatic rings. The maximum Gasteiger partial charge on any atom is 0.336 e. The molecule has 1 unspecified atom stereocenters. The van der Waals surface area contributed by atoms with Crippen molar-refractivity contribution < 1.29 is 14.6 Å². The minimum absolute atomic E-state index is 0.373. The van der Waals surface area contributed by atoms with Crippen LogP contribution in [0.25, 0.3) is 0 Å². The molecule has 0 aromatic carbocycles. The molecular formula is C15H20O3. The lowest BCUT2D eigenvalue weighted by atomic mass is 9.91. The van der Waals surface area contributed by atoms with E-state index in [2.05, 4.69) is 19.1 Å². The van der Waals surface area contributed by atoms with Crippen molar-refractivity contribution in [1.82, 2.24) is 0 Å². The second-order valence-electron chi connectivity index (χ2n) is 5.30. The number of allylic oxidation sites excluding steroid dienone is 3. The summed E-state index contributed by atoms with van der Waals surface area (Å²) in [7, 11) is 0. The first-order chi connectivity index (χ1) is 8.42. The van der Waals surface area contributed by atoms with Gasteiger partial charge >= 0.3 is 5.97 Å². The summed E-state index contributed by atoms with van der Waals surface area (Å²) in [5, 5.41) is 10.6. The van der Waals surface area contributed by atoms with Crippen molar-refractivity contribution in [3.8, 4) is 0 Å². The number of hydrogen-bond donors (Lipinski definition) is 1. The Labute approximate surface area is 108 Å². The second kappa shape index (κ2) is 4.73. The van der Waals surface area contributed by atoms with Gasteiger partial charge in [0.15, 0.2) is 0 Å². The Morgan fingerprint density at radius 1 is 1.22 bits per heavy atom. The minimum atomic E-state index is -1.43. The highest BCUT2D eigenvalue weighted by Gasteiger charge is 2.44. The molecule has 1 heterocycles. The Hall–Kier alpha value is -1.35. The van der Waals surface area contributed by atoms with Gasteiger partial charge in [-0.3, -0.25) is 0 Å². The maximum atomic E-state index is 11.6. The van der Waals surface area contributed by atoms with Gasteiger partial charge in [-0.05, 0) is 40.0 Å². The molecule has 1 N–H and O–H groups in total. The smallest absolute Gasteiger partial charge is 0.336 e. The topological polar surface area (TPSA) is 46.5 Å². The van der Waals surface area contributed by atoms with E-state index >= 15 is 0 Å². The molecule has 0 saturated heterocycles. The van der Waals surface area contributed by atoms with Gasteiger partial charge in [0.25, 0.3) is 0 Å². The van der Waals surface area contributed by atoms with Crippen LogP contribution in [0.2, 0.25) is 0 Å². The first-order valence-electron chi connectivity index (χ1n) is 6.39. The zero-order valence-electron chi connectivity index (χ0n) is 11.2. The average molecular weight is 248 g/mol. The Morgan fingerprint density at radius 2 is 1.94 bits per heavy atom. The van der Waals surface area contributed by atoms with Gasteiger partial charge in [0, 0.05) is 17.6 Å². The fraction of sp³-hybridized carbons (Fsp3) is 0.533. The molecule has 0 spiro atoms. The summed E-state index contributed by atoms with van der Waals surface area (Å²) in [4.78, 5) is 11.6. The molecule has 2 rings (SSSR count). The van der Waals surface area contributed by atoms with Crippen molar-refractivity contribution in [2.45, 2.75) is 52.2 Å². The normalized spacial score (nSPS) is 35.2. The van der Waals surface area contributed by atoms with Crippen molar-refractivity contribution in [1.29, 1.82) is 0 Å². The second-order valence-corrected chi connectivity index (χ2v) is 5.30. The van der Waals surface area contributed by atoms with Crippen molar-refractivity contribution in [3.05, 3.63) is 34.4 Å². The van der Waals surface area contributed by atoms with Crippen LogP contribution < -0.4 is 0 Å². The van der Waals surface area contributed by atoms with Crippen LogP contribution in [0.15, 0.2) is 34.4 Å². The number of aliphatic hydroxyl groups is 1. The van der Waals surface area contributed by atoms with Crippen LogP contribution in [0.3, 0.4) is 0 Å². The number of hydrogen-bond acceptors (Lipinski definition) is 3. The molecule has 0 fully saturated rings. The standard InChI is InChI=1S/C15H20O3/c1-10-5-4-6-11(2)9-15(17)13(8-7-10)12(3)14(16)18-15/h6-7,17H,4-5,8-9H2,1-3H3/b10-7+,11-6-. The number of ether oxygens (including phenoxy) is 1. The van der Waals surface area contributed by atoms with Gasteiger partial charge in [-0.25, -0.2) is 4.79 Å². The molecule has 18 heavy (non-hydrogen) atoms. The van der Waals surface area contributed by atoms with Crippen molar-refractivity contribution in [2.75, 3.05) is 0 Å². The van der Waals surface area contributed by atoms with Gasteiger partial charge in [-0.2, -0.15) is 0 Å². The van der Waals surface area contributed by atoms with Crippen molar-refractivity contribution in [3.63, 3.8) is 0 Å². The zero-order valence-corrected chi connectivity index (χ0v) is 11.2. The molecule has 3 nitrogen and oxygen atoms in total. The Bertz CT molecular complexity index is 468. The number of rotatable bonds is 0. The SMILES string of the molecule is CC1=C2C/C=C(\C)CC/C=C(/C)CC2(O)OC1=O. The van der Waals surface area contributed by atoms with Crippen LogP contribution in [-0.4, -0.2) is 16.9 Å². The monoisotopic (exact) mass is 248 g/mol. The fourth-order valence-corrected chi connectivity index (χ4v) is 2.54. The third kappa shape index (κ3) is 2.41. The lowest BCUT2D eigenvalue weighted by molar-refractivity contribution is -0.181. The maximum absolute atomic E-state index is 11.6. The number of carbonyl (C=O) groups is 1. The van der Waals surface area contributed by atoms with Crippen LogP contribution in [0.5, 0.6) is 0 Å². The highest BCUT2D eigenvalue weighted by molar-refractivity contribution is 5.92. The zero-order chi connectivity index (χ0) is 13.3. The van der Waals surface area contributed by atoms with Crippen LogP contribution in [0.4, 0.5) is 0 Å². The molecule has 0 aromatic heterocycles. The van der Waals surface area contributed by atoms with Gasteiger partial charge in [0.2, 0.25) is 5.79 Å². The van der Waals surface area contributed by atoms with Crippen molar-refractivity contribution in [2.24, 2.45) is 0 Å². The molecular weight excluding hydrogens is 228 g/mol. The van der Waals surface area contributed by atoms with Gasteiger partial charge in [-0.15, -0.1) is 0 Å². The van der Waals surface area contributed by atoms with Gasteiger partial charge < -0.3 is 9.84 Å². The molecule has 0 bridgehead atoms. The van der Waals surface area contributed by atoms with E-state index in [0.717, 1.165) is 18.4 Å². The number of fused-ring (bicyclic) bond motifs is 1. The van der Waals surface area contributed by atoms with Gasteiger partial charge in [0.1, 0.15) is 0 Å². The van der Waals surface area contributed by atoms with Crippen LogP contribution >= 0.6 is 0 Å². The van der Waals surface area contributed by atoms with Gasteiger partial charge in [0.05, 0.1) is 0 Å². The molecule has 98 valence electrons. The van der Waals surface area contributed by atoms with E-state index in [1.54, 1.807) is 6.92 Å². The van der Waals surface area contributed by atoms with E-state index < -0.39 is 11.8 Å². The molecule has 0 amide bonds. The predicted octanol–water partition coefficient (Wildman–Crippen LogP) is 3.01. The molecule has 1 aliphatic heterocycles. The summed E-state index contributed by atoms with van der Waals surface area (Å²) in [5.41, 5.74) is 3.60. The van der Waals surface area contributed by atoms with E-state index in [4.69, 9.17) is 4.74 Å². The van der Waals surface area contributed by atoms with Crippen LogP contribution in [-0.2, 0) is 9.53 Å². The summed E-state index contributed by atoms with van der Waals surface area (Å²) >= 11 is 0. The first kappa shape index (κ1) is 13.1. The number of esters is 1.